The third kappa shape index (κ3) is 3.30. The van der Waals surface area contributed by atoms with E-state index in [4.69, 9.17) is 9.47 Å². The van der Waals surface area contributed by atoms with Crippen molar-refractivity contribution >= 4 is 5.69 Å². The largest absolute Gasteiger partial charge is 0.490 e. The number of fused-ring (bicyclic) bond motifs is 1. The maximum Gasteiger partial charge on any atom is 0.161 e. The van der Waals surface area contributed by atoms with Crippen LogP contribution >= 0.6 is 0 Å². The second-order valence-corrected chi connectivity index (χ2v) is 5.49. The summed E-state index contributed by atoms with van der Waals surface area (Å²) in [5.74, 6) is 1.70. The molecule has 3 rings (SSSR count). The number of anilines is 1. The lowest BCUT2D eigenvalue weighted by atomic mass is 10.1. The molecule has 0 spiro atoms. The van der Waals surface area contributed by atoms with E-state index in [2.05, 4.69) is 55.6 Å². The highest BCUT2D eigenvalue weighted by Crippen LogP contribution is 2.33. The minimum absolute atomic E-state index is 0.213. The summed E-state index contributed by atoms with van der Waals surface area (Å²) in [6.45, 7) is 5.69. The number of benzene rings is 2. The quantitative estimate of drug-likeness (QED) is 0.909. The van der Waals surface area contributed by atoms with Crippen LogP contribution in [0.4, 0.5) is 5.69 Å². The van der Waals surface area contributed by atoms with Crippen molar-refractivity contribution in [2.45, 2.75) is 26.3 Å². The molecule has 0 aliphatic carbocycles. The highest BCUT2D eigenvalue weighted by Gasteiger charge is 2.13. The molecule has 0 aromatic heterocycles. The lowest BCUT2D eigenvalue weighted by Gasteiger charge is -2.17. The van der Waals surface area contributed by atoms with Crippen molar-refractivity contribution in [3.05, 3.63) is 53.6 Å². The molecule has 0 saturated carbocycles. The number of hydrogen-bond acceptors (Lipinski definition) is 3. The predicted octanol–water partition coefficient (Wildman–Crippen LogP) is 4.33. The molecular weight excluding hydrogens is 262 g/mol. The van der Waals surface area contributed by atoms with E-state index in [0.717, 1.165) is 36.8 Å². The number of rotatable bonds is 3. The molecule has 1 atom stereocenters. The van der Waals surface area contributed by atoms with Crippen LogP contribution in [0.25, 0.3) is 0 Å². The molecular formula is C18H21NO2. The van der Waals surface area contributed by atoms with E-state index in [9.17, 15) is 0 Å². The Morgan fingerprint density at radius 2 is 1.67 bits per heavy atom. The normalized spacial score (nSPS) is 15.1. The Labute approximate surface area is 125 Å². The summed E-state index contributed by atoms with van der Waals surface area (Å²) in [5.41, 5.74) is 3.59. The van der Waals surface area contributed by atoms with E-state index in [1.807, 2.05) is 6.07 Å². The van der Waals surface area contributed by atoms with Crippen LogP contribution in [0.2, 0.25) is 0 Å². The van der Waals surface area contributed by atoms with Crippen LogP contribution in [0.15, 0.2) is 42.5 Å². The average molecular weight is 283 g/mol. The summed E-state index contributed by atoms with van der Waals surface area (Å²) in [6, 6.07) is 14.8. The van der Waals surface area contributed by atoms with Crippen molar-refractivity contribution in [2.75, 3.05) is 18.5 Å². The zero-order valence-corrected chi connectivity index (χ0v) is 12.6. The van der Waals surface area contributed by atoms with Crippen molar-refractivity contribution in [3.8, 4) is 11.5 Å². The molecule has 3 nitrogen and oxygen atoms in total. The molecule has 2 aromatic carbocycles. The summed E-state index contributed by atoms with van der Waals surface area (Å²) in [6.07, 6.45) is 0.932. The summed E-state index contributed by atoms with van der Waals surface area (Å²) >= 11 is 0. The van der Waals surface area contributed by atoms with Gasteiger partial charge in [0.25, 0.3) is 0 Å². The molecule has 1 aliphatic heterocycles. The Morgan fingerprint density at radius 3 is 2.43 bits per heavy atom. The third-order valence-electron chi connectivity index (χ3n) is 3.71. The number of aryl methyl sites for hydroxylation is 1. The zero-order valence-electron chi connectivity index (χ0n) is 12.6. The molecule has 1 aliphatic rings. The molecule has 110 valence electrons. The van der Waals surface area contributed by atoms with Gasteiger partial charge in [-0.05, 0) is 43.7 Å². The standard InChI is InChI=1S/C18H21NO2/c1-13-4-7-16(8-5-13)19-14(2)15-6-9-17-18(12-15)21-11-3-10-20-17/h4-9,12,14,19H,3,10-11H2,1-2H3. The fraction of sp³-hybridized carbons (Fsp3) is 0.333. The van der Waals surface area contributed by atoms with Crippen molar-refractivity contribution in [1.82, 2.24) is 0 Å². The molecule has 1 unspecified atom stereocenters. The first kappa shape index (κ1) is 13.8. The second-order valence-electron chi connectivity index (χ2n) is 5.49. The smallest absolute Gasteiger partial charge is 0.161 e. The van der Waals surface area contributed by atoms with Gasteiger partial charge in [0.15, 0.2) is 11.5 Å². The molecule has 0 saturated heterocycles. The van der Waals surface area contributed by atoms with Crippen LogP contribution in [-0.4, -0.2) is 13.2 Å². The average Bonchev–Trinajstić information content (AvgIpc) is 2.74. The van der Waals surface area contributed by atoms with Gasteiger partial charge in [0.1, 0.15) is 0 Å². The molecule has 2 aromatic rings. The van der Waals surface area contributed by atoms with Gasteiger partial charge in [0, 0.05) is 18.2 Å². The summed E-state index contributed by atoms with van der Waals surface area (Å²) in [7, 11) is 0. The van der Waals surface area contributed by atoms with Gasteiger partial charge >= 0.3 is 0 Å². The first-order valence-corrected chi connectivity index (χ1v) is 7.45. The zero-order chi connectivity index (χ0) is 14.7. The Balaban J connectivity index is 1.76. The van der Waals surface area contributed by atoms with Crippen molar-refractivity contribution in [2.24, 2.45) is 0 Å². The summed E-state index contributed by atoms with van der Waals surface area (Å²) in [4.78, 5) is 0. The Morgan fingerprint density at radius 1 is 0.952 bits per heavy atom. The topological polar surface area (TPSA) is 30.5 Å². The van der Waals surface area contributed by atoms with Crippen molar-refractivity contribution in [1.29, 1.82) is 0 Å². The first-order chi connectivity index (χ1) is 10.2. The first-order valence-electron chi connectivity index (χ1n) is 7.45. The highest BCUT2D eigenvalue weighted by molar-refractivity contribution is 5.49. The van der Waals surface area contributed by atoms with Crippen molar-refractivity contribution in [3.63, 3.8) is 0 Å². The van der Waals surface area contributed by atoms with E-state index in [0.29, 0.717) is 0 Å². The van der Waals surface area contributed by atoms with Crippen molar-refractivity contribution < 1.29 is 9.47 Å². The lowest BCUT2D eigenvalue weighted by Crippen LogP contribution is -2.07. The summed E-state index contributed by atoms with van der Waals surface area (Å²) < 4.78 is 11.4. The van der Waals surface area contributed by atoms with E-state index < -0.39 is 0 Å². The van der Waals surface area contributed by atoms with Crippen LogP contribution < -0.4 is 14.8 Å². The van der Waals surface area contributed by atoms with Crippen LogP contribution in [0, 0.1) is 6.92 Å². The fourth-order valence-corrected chi connectivity index (χ4v) is 2.43. The van der Waals surface area contributed by atoms with E-state index in [-0.39, 0.29) is 6.04 Å². The van der Waals surface area contributed by atoms with Gasteiger partial charge in [-0.3, -0.25) is 0 Å². The van der Waals surface area contributed by atoms with E-state index >= 15 is 0 Å². The number of ether oxygens (including phenoxy) is 2. The monoisotopic (exact) mass is 283 g/mol. The summed E-state index contributed by atoms with van der Waals surface area (Å²) in [5, 5.41) is 3.51. The van der Waals surface area contributed by atoms with Gasteiger partial charge in [0.2, 0.25) is 0 Å². The molecule has 1 heterocycles. The Kier molecular flexibility index (Phi) is 4.00. The Bertz CT molecular complexity index is 607. The molecule has 0 bridgehead atoms. The molecule has 0 fully saturated rings. The van der Waals surface area contributed by atoms with Gasteiger partial charge in [-0.1, -0.05) is 23.8 Å². The fourth-order valence-electron chi connectivity index (χ4n) is 2.43. The Hall–Kier alpha value is -2.16. The molecule has 1 N–H and O–H groups in total. The maximum atomic E-state index is 5.75. The second kappa shape index (κ2) is 6.08. The van der Waals surface area contributed by atoms with E-state index in [1.165, 1.54) is 11.1 Å². The molecule has 0 amide bonds. The van der Waals surface area contributed by atoms with Crippen LogP contribution in [0.1, 0.15) is 30.5 Å². The van der Waals surface area contributed by atoms with Crippen LogP contribution in [0.3, 0.4) is 0 Å². The van der Waals surface area contributed by atoms with Gasteiger partial charge in [0.05, 0.1) is 13.2 Å². The minimum Gasteiger partial charge on any atom is -0.490 e. The van der Waals surface area contributed by atoms with Gasteiger partial charge in [-0.25, -0.2) is 0 Å². The minimum atomic E-state index is 0.213. The SMILES string of the molecule is Cc1ccc(NC(C)c2ccc3c(c2)OCCCO3)cc1. The van der Waals surface area contributed by atoms with Gasteiger partial charge in [-0.2, -0.15) is 0 Å². The molecule has 3 heteroatoms. The predicted molar refractivity (Wildman–Crippen MR) is 85.3 cm³/mol. The van der Waals surface area contributed by atoms with E-state index in [1.54, 1.807) is 0 Å². The molecule has 21 heavy (non-hydrogen) atoms. The van der Waals surface area contributed by atoms with Crippen LogP contribution in [0.5, 0.6) is 11.5 Å². The third-order valence-corrected chi connectivity index (χ3v) is 3.71. The van der Waals surface area contributed by atoms with Gasteiger partial charge < -0.3 is 14.8 Å². The lowest BCUT2D eigenvalue weighted by molar-refractivity contribution is 0.297. The highest BCUT2D eigenvalue weighted by atomic mass is 16.5. The van der Waals surface area contributed by atoms with Crippen LogP contribution in [-0.2, 0) is 0 Å². The number of hydrogen-bond donors (Lipinski definition) is 1. The van der Waals surface area contributed by atoms with Gasteiger partial charge in [-0.15, -0.1) is 0 Å². The number of nitrogens with one attached hydrogen (secondary N) is 1. The maximum absolute atomic E-state index is 5.75. The molecule has 0 radical (unpaired) electrons.